The van der Waals surface area contributed by atoms with Crippen LogP contribution in [-0.2, 0) is 4.74 Å². The van der Waals surface area contributed by atoms with Crippen molar-refractivity contribution in [3.8, 4) is 0 Å². The van der Waals surface area contributed by atoms with Crippen molar-refractivity contribution < 1.29 is 4.74 Å². The van der Waals surface area contributed by atoms with Gasteiger partial charge in [0.1, 0.15) is 0 Å². The molecule has 0 radical (unpaired) electrons. The van der Waals surface area contributed by atoms with Crippen molar-refractivity contribution in [2.24, 2.45) is 0 Å². The Morgan fingerprint density at radius 1 is 0.941 bits per heavy atom. The van der Waals surface area contributed by atoms with Gasteiger partial charge in [0.15, 0.2) is 0 Å². The molecule has 0 saturated carbocycles. The fourth-order valence-electron chi connectivity index (χ4n) is 2.20. The van der Waals surface area contributed by atoms with Crippen LogP contribution in [0.3, 0.4) is 0 Å². The summed E-state index contributed by atoms with van der Waals surface area (Å²) in [5, 5.41) is 0. The molecular weight excluding hydrogens is 208 g/mol. The van der Waals surface area contributed by atoms with Crippen LogP contribution in [0.15, 0.2) is 30.3 Å². The second-order valence-electron chi connectivity index (χ2n) is 4.69. The molecule has 0 spiro atoms. The Hall–Kier alpha value is -0.820. The summed E-state index contributed by atoms with van der Waals surface area (Å²) < 4.78 is 5.56. The van der Waals surface area contributed by atoms with E-state index >= 15 is 0 Å². The first-order valence-corrected chi connectivity index (χ1v) is 6.96. The van der Waals surface area contributed by atoms with Gasteiger partial charge in [-0.3, -0.25) is 0 Å². The number of unbranched alkanes of at least 4 members (excludes halogenated alkanes) is 5. The molecule has 1 unspecified atom stereocenters. The Balaban J connectivity index is 2.20. The quantitative estimate of drug-likeness (QED) is 0.538. The molecule has 0 aliphatic heterocycles. The van der Waals surface area contributed by atoms with Crippen molar-refractivity contribution in [3.63, 3.8) is 0 Å². The summed E-state index contributed by atoms with van der Waals surface area (Å²) in [6.45, 7) is 2.26. The highest BCUT2D eigenvalue weighted by Crippen LogP contribution is 2.23. The van der Waals surface area contributed by atoms with Gasteiger partial charge < -0.3 is 4.74 Å². The molecule has 1 atom stereocenters. The molecule has 1 aromatic rings. The van der Waals surface area contributed by atoms with Gasteiger partial charge in [-0.1, -0.05) is 75.8 Å². The molecule has 0 saturated heterocycles. The van der Waals surface area contributed by atoms with Crippen molar-refractivity contribution in [1.82, 2.24) is 0 Å². The maximum absolute atomic E-state index is 5.56. The van der Waals surface area contributed by atoms with E-state index in [9.17, 15) is 0 Å². The average molecular weight is 234 g/mol. The molecule has 1 rings (SSSR count). The Morgan fingerprint density at radius 3 is 2.24 bits per heavy atom. The monoisotopic (exact) mass is 234 g/mol. The van der Waals surface area contributed by atoms with E-state index in [0.717, 1.165) is 6.42 Å². The van der Waals surface area contributed by atoms with Gasteiger partial charge in [-0.2, -0.15) is 0 Å². The zero-order valence-corrected chi connectivity index (χ0v) is 11.3. The van der Waals surface area contributed by atoms with Gasteiger partial charge in [0, 0.05) is 7.11 Å². The first-order valence-electron chi connectivity index (χ1n) is 6.96. The molecule has 1 aromatic carbocycles. The topological polar surface area (TPSA) is 9.23 Å². The summed E-state index contributed by atoms with van der Waals surface area (Å²) in [5.41, 5.74) is 1.31. The lowest BCUT2D eigenvalue weighted by Crippen LogP contribution is -2.01. The third-order valence-corrected chi connectivity index (χ3v) is 3.28. The smallest absolute Gasteiger partial charge is 0.0821 e. The predicted octanol–water partition coefficient (Wildman–Crippen LogP) is 5.12. The molecule has 1 nitrogen and oxygen atoms in total. The van der Waals surface area contributed by atoms with Gasteiger partial charge in [0.25, 0.3) is 0 Å². The highest BCUT2D eigenvalue weighted by molar-refractivity contribution is 5.17. The van der Waals surface area contributed by atoms with Gasteiger partial charge >= 0.3 is 0 Å². The van der Waals surface area contributed by atoms with Crippen LogP contribution >= 0.6 is 0 Å². The van der Waals surface area contributed by atoms with Crippen LogP contribution in [0.1, 0.15) is 63.5 Å². The summed E-state index contributed by atoms with van der Waals surface area (Å²) >= 11 is 0. The molecular formula is C16H26O. The Kier molecular flexibility index (Phi) is 7.74. The second-order valence-corrected chi connectivity index (χ2v) is 4.69. The lowest BCUT2D eigenvalue weighted by atomic mass is 10.0. The maximum Gasteiger partial charge on any atom is 0.0821 e. The van der Waals surface area contributed by atoms with Crippen LogP contribution < -0.4 is 0 Å². The zero-order chi connectivity index (χ0) is 12.3. The summed E-state index contributed by atoms with van der Waals surface area (Å²) in [5.74, 6) is 0. The maximum atomic E-state index is 5.56. The highest BCUT2D eigenvalue weighted by Gasteiger charge is 2.08. The van der Waals surface area contributed by atoms with Crippen LogP contribution in [0.25, 0.3) is 0 Å². The fourth-order valence-corrected chi connectivity index (χ4v) is 2.20. The zero-order valence-electron chi connectivity index (χ0n) is 11.3. The van der Waals surface area contributed by atoms with Crippen LogP contribution in [0.2, 0.25) is 0 Å². The van der Waals surface area contributed by atoms with Gasteiger partial charge in [-0.25, -0.2) is 0 Å². The molecule has 17 heavy (non-hydrogen) atoms. The lowest BCUT2D eigenvalue weighted by Gasteiger charge is -2.15. The van der Waals surface area contributed by atoms with E-state index < -0.39 is 0 Å². The Labute approximate surface area is 106 Å². The third kappa shape index (κ3) is 5.88. The number of rotatable bonds is 9. The molecule has 0 heterocycles. The van der Waals surface area contributed by atoms with E-state index in [4.69, 9.17) is 4.74 Å². The average Bonchev–Trinajstić information content (AvgIpc) is 2.39. The van der Waals surface area contributed by atoms with E-state index in [-0.39, 0.29) is 6.10 Å². The second kappa shape index (κ2) is 9.23. The number of hydrogen-bond acceptors (Lipinski definition) is 1. The minimum atomic E-state index is 0.280. The van der Waals surface area contributed by atoms with E-state index in [1.165, 1.54) is 44.1 Å². The van der Waals surface area contributed by atoms with Crippen molar-refractivity contribution in [3.05, 3.63) is 35.9 Å². The van der Waals surface area contributed by atoms with Gasteiger partial charge in [0.05, 0.1) is 6.10 Å². The summed E-state index contributed by atoms with van der Waals surface area (Å²) in [7, 11) is 1.81. The van der Waals surface area contributed by atoms with Crippen molar-refractivity contribution in [2.45, 2.75) is 58.0 Å². The van der Waals surface area contributed by atoms with Crippen LogP contribution in [-0.4, -0.2) is 7.11 Å². The van der Waals surface area contributed by atoms with Gasteiger partial charge in [-0.05, 0) is 12.0 Å². The number of hydrogen-bond donors (Lipinski definition) is 0. The first kappa shape index (κ1) is 14.2. The SMILES string of the molecule is CCCCCCCCC(OC)c1ccccc1. The van der Waals surface area contributed by atoms with Crippen molar-refractivity contribution in [2.75, 3.05) is 7.11 Å². The number of ether oxygens (including phenoxy) is 1. The van der Waals surface area contributed by atoms with Crippen LogP contribution in [0, 0.1) is 0 Å². The molecule has 0 fully saturated rings. The Morgan fingerprint density at radius 2 is 1.59 bits per heavy atom. The highest BCUT2D eigenvalue weighted by atomic mass is 16.5. The minimum Gasteiger partial charge on any atom is -0.377 e. The van der Waals surface area contributed by atoms with E-state index in [1.54, 1.807) is 0 Å². The summed E-state index contributed by atoms with van der Waals surface area (Å²) in [4.78, 5) is 0. The molecule has 0 aliphatic carbocycles. The third-order valence-electron chi connectivity index (χ3n) is 3.28. The molecule has 0 aromatic heterocycles. The predicted molar refractivity (Wildman–Crippen MR) is 74.2 cm³/mol. The van der Waals surface area contributed by atoms with Gasteiger partial charge in [0.2, 0.25) is 0 Å². The molecule has 0 bridgehead atoms. The molecule has 96 valence electrons. The largest absolute Gasteiger partial charge is 0.377 e. The van der Waals surface area contributed by atoms with Gasteiger partial charge in [-0.15, -0.1) is 0 Å². The fraction of sp³-hybridized carbons (Fsp3) is 0.625. The Bertz CT molecular complexity index is 268. The minimum absolute atomic E-state index is 0.280. The number of benzene rings is 1. The number of methoxy groups -OCH3 is 1. The van der Waals surface area contributed by atoms with Crippen LogP contribution in [0.5, 0.6) is 0 Å². The normalized spacial score (nSPS) is 12.6. The van der Waals surface area contributed by atoms with E-state index in [0.29, 0.717) is 0 Å². The van der Waals surface area contributed by atoms with Crippen molar-refractivity contribution >= 4 is 0 Å². The lowest BCUT2D eigenvalue weighted by molar-refractivity contribution is 0.0931. The van der Waals surface area contributed by atoms with E-state index in [2.05, 4.69) is 37.3 Å². The first-order chi connectivity index (χ1) is 8.38. The molecule has 0 aliphatic rings. The standard InChI is InChI=1S/C16H26O/c1-3-4-5-6-7-11-14-16(17-2)15-12-9-8-10-13-15/h8-10,12-13,16H,3-7,11,14H2,1-2H3. The summed E-state index contributed by atoms with van der Waals surface area (Å²) in [6, 6.07) is 10.5. The summed E-state index contributed by atoms with van der Waals surface area (Å²) in [6.07, 6.45) is 9.51. The van der Waals surface area contributed by atoms with Crippen LogP contribution in [0.4, 0.5) is 0 Å². The molecule has 1 heteroatoms. The molecule has 0 N–H and O–H groups in total. The molecule has 0 amide bonds. The van der Waals surface area contributed by atoms with E-state index in [1.807, 2.05) is 7.11 Å². The van der Waals surface area contributed by atoms with Crippen molar-refractivity contribution in [1.29, 1.82) is 0 Å².